The Balaban J connectivity index is 1.27. The molecule has 1 aliphatic heterocycles. The van der Waals surface area contributed by atoms with Gasteiger partial charge >= 0.3 is 12.4 Å². The number of ether oxygens (including phenoxy) is 1. The van der Waals surface area contributed by atoms with E-state index in [0.717, 1.165) is 23.9 Å². The number of nitrogens with zero attached hydrogens (tertiary/aromatic N) is 6. The van der Waals surface area contributed by atoms with Gasteiger partial charge in [0.2, 0.25) is 5.91 Å². The number of carbonyl (C=O) groups is 2. The molecule has 0 spiro atoms. The van der Waals surface area contributed by atoms with Gasteiger partial charge in [-0.15, -0.1) is 18.3 Å². The molecule has 5 rings (SSSR count). The molecule has 214 valence electrons. The Morgan fingerprint density at radius 2 is 1.83 bits per heavy atom. The Kier molecular flexibility index (Phi) is 7.62. The maximum atomic E-state index is 12.7. The van der Waals surface area contributed by atoms with Crippen molar-refractivity contribution in [2.75, 3.05) is 16.0 Å². The van der Waals surface area contributed by atoms with Gasteiger partial charge in [0.25, 0.3) is 5.69 Å². The largest absolute Gasteiger partial charge is 0.573 e. The number of amidine groups is 1. The van der Waals surface area contributed by atoms with Crippen LogP contribution in [0.3, 0.4) is 0 Å². The number of non-ortho nitro benzene ring substituents is 1. The summed E-state index contributed by atoms with van der Waals surface area (Å²) >= 11 is 1.04. The molecule has 0 aliphatic carbocycles. The average molecular weight is 598 g/mol. The highest BCUT2D eigenvalue weighted by molar-refractivity contribution is 8.15. The van der Waals surface area contributed by atoms with Crippen molar-refractivity contribution in [3.05, 3.63) is 88.7 Å². The zero-order valence-electron chi connectivity index (χ0n) is 21.4. The number of aromatic nitrogens is 3. The first-order chi connectivity index (χ1) is 20.0. The molecule has 0 radical (unpaired) electrons. The summed E-state index contributed by atoms with van der Waals surface area (Å²) in [5.74, 6) is -0.377. The van der Waals surface area contributed by atoms with Crippen LogP contribution in [-0.2, 0) is 4.79 Å². The first kappa shape index (κ1) is 28.3. The predicted molar refractivity (Wildman–Crippen MR) is 148 cm³/mol. The summed E-state index contributed by atoms with van der Waals surface area (Å²) in [5, 5.41) is 18.2. The molecule has 42 heavy (non-hydrogen) atoms. The minimum Gasteiger partial charge on any atom is -0.406 e. The number of nitro benzene ring substituents is 1. The van der Waals surface area contributed by atoms with Crippen LogP contribution in [0.4, 0.5) is 35.0 Å². The Morgan fingerprint density at radius 1 is 1.12 bits per heavy atom. The van der Waals surface area contributed by atoms with E-state index in [4.69, 9.17) is 0 Å². The van der Waals surface area contributed by atoms with Gasteiger partial charge in [-0.2, -0.15) is 4.99 Å². The molecule has 3 aromatic carbocycles. The maximum absolute atomic E-state index is 12.7. The molecule has 0 atom stereocenters. The molecule has 16 heteroatoms. The van der Waals surface area contributed by atoms with Crippen LogP contribution in [0.25, 0.3) is 17.1 Å². The van der Waals surface area contributed by atoms with Crippen LogP contribution >= 0.6 is 11.8 Å². The van der Waals surface area contributed by atoms with E-state index < -0.39 is 17.3 Å². The SMILES string of the molecule is Cc1ccc([N+](=O)[O-])cc1N1C(=O)CS/C1=N\C(=O)Nc1ccc(-c2ncn(-c3ccc(OC(F)(F)F)cc3)n2)cc1. The number of anilines is 2. The van der Waals surface area contributed by atoms with Gasteiger partial charge in [-0.3, -0.25) is 19.8 Å². The number of aryl methyl sites for hydroxylation is 1. The number of amides is 3. The number of hydrogen-bond donors (Lipinski definition) is 1. The van der Waals surface area contributed by atoms with E-state index in [9.17, 15) is 32.9 Å². The molecule has 0 unspecified atom stereocenters. The van der Waals surface area contributed by atoms with Crippen molar-refractivity contribution in [2.45, 2.75) is 13.3 Å². The molecule has 3 amide bonds. The van der Waals surface area contributed by atoms with E-state index in [2.05, 4.69) is 25.1 Å². The predicted octanol–water partition coefficient (Wildman–Crippen LogP) is 5.72. The topological polar surface area (TPSA) is 145 Å². The zero-order chi connectivity index (χ0) is 30.0. The van der Waals surface area contributed by atoms with Gasteiger partial charge in [-0.1, -0.05) is 17.8 Å². The number of benzene rings is 3. The fourth-order valence-corrected chi connectivity index (χ4v) is 4.75. The molecule has 4 aromatic rings. The maximum Gasteiger partial charge on any atom is 0.573 e. The molecule has 0 saturated carbocycles. The summed E-state index contributed by atoms with van der Waals surface area (Å²) in [6.45, 7) is 1.69. The molecule has 1 N–H and O–H groups in total. The van der Waals surface area contributed by atoms with E-state index in [1.165, 1.54) is 46.2 Å². The highest BCUT2D eigenvalue weighted by Crippen LogP contribution is 2.32. The van der Waals surface area contributed by atoms with Gasteiger partial charge in [0.05, 0.1) is 22.1 Å². The lowest BCUT2D eigenvalue weighted by Gasteiger charge is -2.18. The summed E-state index contributed by atoms with van der Waals surface area (Å²) in [6.07, 6.45) is -3.39. The van der Waals surface area contributed by atoms with Gasteiger partial charge in [0, 0.05) is 23.4 Å². The van der Waals surface area contributed by atoms with Crippen molar-refractivity contribution < 1.29 is 32.4 Å². The fraction of sp³-hybridized carbons (Fsp3) is 0.115. The van der Waals surface area contributed by atoms with Crippen molar-refractivity contribution in [2.24, 2.45) is 4.99 Å². The summed E-state index contributed by atoms with van der Waals surface area (Å²) < 4.78 is 42.4. The Hall–Kier alpha value is -5.25. The quantitative estimate of drug-likeness (QED) is 0.220. The molecule has 1 saturated heterocycles. The van der Waals surface area contributed by atoms with Gasteiger partial charge in [-0.05, 0) is 61.0 Å². The van der Waals surface area contributed by atoms with E-state index in [1.807, 2.05) is 0 Å². The van der Waals surface area contributed by atoms with Crippen molar-refractivity contribution in [1.82, 2.24) is 14.8 Å². The molecular weight excluding hydrogens is 579 g/mol. The van der Waals surface area contributed by atoms with Crippen molar-refractivity contribution >= 4 is 45.9 Å². The van der Waals surface area contributed by atoms with Gasteiger partial charge in [-0.25, -0.2) is 14.5 Å². The van der Waals surface area contributed by atoms with Crippen LogP contribution in [0, 0.1) is 17.0 Å². The average Bonchev–Trinajstić information content (AvgIpc) is 3.56. The molecule has 1 aromatic heterocycles. The van der Waals surface area contributed by atoms with Crippen LogP contribution in [-0.4, -0.2) is 48.9 Å². The fourth-order valence-electron chi connectivity index (χ4n) is 3.90. The van der Waals surface area contributed by atoms with Gasteiger partial charge in [0.1, 0.15) is 12.1 Å². The minimum absolute atomic E-state index is 0.0219. The van der Waals surface area contributed by atoms with Crippen LogP contribution in [0.2, 0.25) is 0 Å². The number of urea groups is 1. The summed E-state index contributed by atoms with van der Waals surface area (Å²) in [7, 11) is 0. The number of alkyl halides is 3. The van der Waals surface area contributed by atoms with E-state index in [1.54, 1.807) is 31.2 Å². The Bertz CT molecular complexity index is 1710. The van der Waals surface area contributed by atoms with Crippen molar-refractivity contribution in [3.63, 3.8) is 0 Å². The third-order valence-corrected chi connectivity index (χ3v) is 6.75. The molecule has 2 heterocycles. The number of halogens is 3. The number of aliphatic imine (C=N–C) groups is 1. The monoisotopic (exact) mass is 597 g/mol. The summed E-state index contributed by atoms with van der Waals surface area (Å²) in [5.41, 5.74) is 2.12. The lowest BCUT2D eigenvalue weighted by Crippen LogP contribution is -2.31. The van der Waals surface area contributed by atoms with E-state index >= 15 is 0 Å². The molecule has 0 bridgehead atoms. The minimum atomic E-state index is -4.79. The number of carbonyl (C=O) groups excluding carboxylic acids is 2. The second-order valence-electron chi connectivity index (χ2n) is 8.70. The zero-order valence-corrected chi connectivity index (χ0v) is 22.2. The molecule has 1 fully saturated rings. The molecular formula is C26H18F3N7O5S. The van der Waals surface area contributed by atoms with Crippen LogP contribution in [0.1, 0.15) is 5.56 Å². The van der Waals surface area contributed by atoms with Crippen LogP contribution in [0.5, 0.6) is 5.75 Å². The second kappa shape index (κ2) is 11.3. The van der Waals surface area contributed by atoms with Crippen molar-refractivity contribution in [3.8, 4) is 22.8 Å². The Morgan fingerprint density at radius 3 is 2.50 bits per heavy atom. The first-order valence-corrected chi connectivity index (χ1v) is 12.9. The van der Waals surface area contributed by atoms with Gasteiger partial charge in [0.15, 0.2) is 11.0 Å². The van der Waals surface area contributed by atoms with Crippen molar-refractivity contribution in [1.29, 1.82) is 0 Å². The first-order valence-electron chi connectivity index (χ1n) is 12.0. The number of nitrogens with one attached hydrogen (secondary N) is 1. The number of thioether (sulfide) groups is 1. The smallest absolute Gasteiger partial charge is 0.406 e. The summed E-state index contributed by atoms with van der Waals surface area (Å²) in [6, 6.07) is 15.0. The highest BCUT2D eigenvalue weighted by Gasteiger charge is 2.33. The van der Waals surface area contributed by atoms with E-state index in [-0.39, 0.29) is 34.0 Å². The van der Waals surface area contributed by atoms with Crippen LogP contribution < -0.4 is 15.0 Å². The summed E-state index contributed by atoms with van der Waals surface area (Å²) in [4.78, 5) is 45.3. The second-order valence-corrected chi connectivity index (χ2v) is 9.64. The van der Waals surface area contributed by atoms with Gasteiger partial charge < -0.3 is 10.1 Å². The van der Waals surface area contributed by atoms with E-state index in [0.29, 0.717) is 28.3 Å². The molecule has 12 nitrogen and oxygen atoms in total. The highest BCUT2D eigenvalue weighted by atomic mass is 32.2. The van der Waals surface area contributed by atoms with Crippen LogP contribution in [0.15, 0.2) is 78.0 Å². The molecule has 1 aliphatic rings. The lowest BCUT2D eigenvalue weighted by atomic mass is 10.1. The normalized spacial score (nSPS) is 14.3. The third-order valence-electron chi connectivity index (χ3n) is 5.83. The number of rotatable bonds is 6. The standard InChI is InChI=1S/C26H18F3N7O5S/c1-15-2-7-19(36(39)40)12-21(15)35-22(37)13-42-25(35)32-24(38)31-17-5-3-16(4-6-17)23-30-14-34(33-23)18-8-10-20(11-9-18)41-26(27,28)29/h2-12,14H,13H2,1H3,(H,31,38)/b32-25-. The number of hydrogen-bond acceptors (Lipinski definition) is 8. The third kappa shape index (κ3) is 6.38. The Labute approximate surface area is 239 Å². The number of nitro groups is 1. The lowest BCUT2D eigenvalue weighted by molar-refractivity contribution is -0.384.